The number of carbonyl (C=O) groups excluding carboxylic acids is 2. The molecule has 0 bridgehead atoms. The lowest BCUT2D eigenvalue weighted by Crippen LogP contribution is -2.25. The van der Waals surface area contributed by atoms with Gasteiger partial charge in [-0.05, 0) is 34.5 Å². The Balaban J connectivity index is 2.05. The Bertz CT molecular complexity index is 476. The van der Waals surface area contributed by atoms with E-state index in [9.17, 15) is 9.59 Å². The van der Waals surface area contributed by atoms with Crippen molar-refractivity contribution < 1.29 is 9.59 Å². The molecule has 6 heteroatoms. The van der Waals surface area contributed by atoms with Gasteiger partial charge in [0.15, 0.2) is 0 Å². The molecular weight excluding hydrogens is 286 g/mol. The number of aromatic nitrogens is 1. The van der Waals surface area contributed by atoms with Crippen molar-refractivity contribution >= 4 is 33.6 Å². The minimum atomic E-state index is -0.299. The van der Waals surface area contributed by atoms with Gasteiger partial charge in [0.1, 0.15) is 5.82 Å². The predicted octanol–water partition coefficient (Wildman–Crippen LogP) is 1.23. The summed E-state index contributed by atoms with van der Waals surface area (Å²) in [6.07, 6.45) is 1.88. The number of hydrogen-bond donors (Lipinski definition) is 2. The third kappa shape index (κ3) is 2.82. The summed E-state index contributed by atoms with van der Waals surface area (Å²) in [5, 5.41) is 5.37. The van der Waals surface area contributed by atoms with Crippen molar-refractivity contribution in [1.29, 1.82) is 0 Å². The Kier molecular flexibility index (Phi) is 3.42. The zero-order chi connectivity index (χ0) is 12.4. The van der Waals surface area contributed by atoms with Gasteiger partial charge in [-0.25, -0.2) is 4.98 Å². The molecule has 2 rings (SSSR count). The summed E-state index contributed by atoms with van der Waals surface area (Å²) < 4.78 is 0.866. The monoisotopic (exact) mass is 297 g/mol. The first-order chi connectivity index (χ1) is 8.06. The standard InChI is InChI=1S/C11H12BrN3O2/c1-6-2-8(12)5-14-10(6)15-11(17)7-3-9(16)13-4-7/h2,5,7H,3-4H2,1H3,(H,13,16)(H,14,15,17). The number of nitrogens with zero attached hydrogens (tertiary/aromatic N) is 1. The van der Waals surface area contributed by atoms with Gasteiger partial charge >= 0.3 is 0 Å². The second-order valence-corrected chi connectivity index (χ2v) is 4.93. The summed E-state index contributed by atoms with van der Waals surface area (Å²) >= 11 is 3.31. The Hall–Kier alpha value is -1.43. The van der Waals surface area contributed by atoms with Gasteiger partial charge in [-0.3, -0.25) is 9.59 Å². The lowest BCUT2D eigenvalue weighted by Gasteiger charge is -2.10. The predicted molar refractivity (Wildman–Crippen MR) is 66.4 cm³/mol. The molecule has 17 heavy (non-hydrogen) atoms. The number of hydrogen-bond acceptors (Lipinski definition) is 3. The fourth-order valence-electron chi connectivity index (χ4n) is 1.68. The second-order valence-electron chi connectivity index (χ2n) is 4.01. The van der Waals surface area contributed by atoms with Crippen LogP contribution in [0, 0.1) is 12.8 Å². The van der Waals surface area contributed by atoms with Gasteiger partial charge in [0.2, 0.25) is 11.8 Å². The number of carbonyl (C=O) groups is 2. The highest BCUT2D eigenvalue weighted by molar-refractivity contribution is 9.10. The van der Waals surface area contributed by atoms with Crippen LogP contribution < -0.4 is 10.6 Å². The molecule has 90 valence electrons. The normalized spacial score (nSPS) is 18.9. The highest BCUT2D eigenvalue weighted by Crippen LogP contribution is 2.18. The number of anilines is 1. The van der Waals surface area contributed by atoms with Crippen molar-refractivity contribution in [2.24, 2.45) is 5.92 Å². The smallest absolute Gasteiger partial charge is 0.230 e. The first kappa shape index (κ1) is 12.0. The van der Waals surface area contributed by atoms with Gasteiger partial charge in [0.25, 0.3) is 0 Å². The van der Waals surface area contributed by atoms with Gasteiger partial charge in [-0.1, -0.05) is 0 Å². The molecule has 2 heterocycles. The quantitative estimate of drug-likeness (QED) is 0.862. The van der Waals surface area contributed by atoms with E-state index in [4.69, 9.17) is 0 Å². The van der Waals surface area contributed by atoms with Crippen molar-refractivity contribution in [3.63, 3.8) is 0 Å². The molecule has 1 aromatic rings. The van der Waals surface area contributed by atoms with Crippen LogP contribution in [0.15, 0.2) is 16.7 Å². The second kappa shape index (κ2) is 4.83. The van der Waals surface area contributed by atoms with Crippen LogP contribution in [-0.4, -0.2) is 23.3 Å². The van der Waals surface area contributed by atoms with E-state index in [0.717, 1.165) is 10.0 Å². The van der Waals surface area contributed by atoms with Crippen LogP contribution in [0.1, 0.15) is 12.0 Å². The maximum atomic E-state index is 11.8. The molecular formula is C11H12BrN3O2. The van der Waals surface area contributed by atoms with E-state index >= 15 is 0 Å². The fourth-order valence-corrected chi connectivity index (χ4v) is 2.13. The molecule has 0 aromatic carbocycles. The number of halogens is 1. The molecule has 0 spiro atoms. The van der Waals surface area contributed by atoms with E-state index in [2.05, 4.69) is 31.5 Å². The highest BCUT2D eigenvalue weighted by atomic mass is 79.9. The van der Waals surface area contributed by atoms with Crippen LogP contribution in [0.3, 0.4) is 0 Å². The fraction of sp³-hybridized carbons (Fsp3) is 0.364. The lowest BCUT2D eigenvalue weighted by molar-refractivity contribution is -0.123. The van der Waals surface area contributed by atoms with Gasteiger partial charge in [0.05, 0.1) is 5.92 Å². The maximum Gasteiger partial charge on any atom is 0.230 e. The van der Waals surface area contributed by atoms with Crippen molar-refractivity contribution in [2.45, 2.75) is 13.3 Å². The topological polar surface area (TPSA) is 71.1 Å². The third-order valence-electron chi connectivity index (χ3n) is 2.63. The Morgan fingerprint density at radius 3 is 3.00 bits per heavy atom. The summed E-state index contributed by atoms with van der Waals surface area (Å²) in [5.41, 5.74) is 0.880. The highest BCUT2D eigenvalue weighted by Gasteiger charge is 2.28. The molecule has 0 saturated carbocycles. The molecule has 1 aliphatic rings. The molecule has 1 fully saturated rings. The number of nitrogens with one attached hydrogen (secondary N) is 2. The molecule has 1 unspecified atom stereocenters. The molecule has 1 aromatic heterocycles. The first-order valence-corrected chi connectivity index (χ1v) is 6.05. The van der Waals surface area contributed by atoms with Gasteiger partial charge in [-0.15, -0.1) is 0 Å². The van der Waals surface area contributed by atoms with Crippen LogP contribution >= 0.6 is 15.9 Å². The molecule has 0 radical (unpaired) electrons. The average Bonchev–Trinajstić information content (AvgIpc) is 2.69. The number of rotatable bonds is 2. The molecule has 1 saturated heterocycles. The largest absolute Gasteiger partial charge is 0.355 e. The molecule has 2 amide bonds. The van der Waals surface area contributed by atoms with Crippen LogP contribution in [0.2, 0.25) is 0 Å². The SMILES string of the molecule is Cc1cc(Br)cnc1NC(=O)C1CNC(=O)C1. The summed E-state index contributed by atoms with van der Waals surface area (Å²) in [4.78, 5) is 27.0. The minimum absolute atomic E-state index is 0.0781. The third-order valence-corrected chi connectivity index (χ3v) is 3.07. The van der Waals surface area contributed by atoms with E-state index in [-0.39, 0.29) is 24.2 Å². The number of amides is 2. The number of aryl methyl sites for hydroxylation is 1. The van der Waals surface area contributed by atoms with Crippen molar-refractivity contribution in [2.75, 3.05) is 11.9 Å². The average molecular weight is 298 g/mol. The first-order valence-electron chi connectivity index (χ1n) is 5.26. The van der Waals surface area contributed by atoms with Crippen molar-refractivity contribution in [3.05, 3.63) is 22.3 Å². The molecule has 1 aliphatic heterocycles. The van der Waals surface area contributed by atoms with Crippen LogP contribution in [0.25, 0.3) is 0 Å². The summed E-state index contributed by atoms with van der Waals surface area (Å²) in [6, 6.07) is 1.88. The molecule has 5 nitrogen and oxygen atoms in total. The van der Waals surface area contributed by atoms with E-state index in [1.165, 1.54) is 0 Å². The summed E-state index contributed by atoms with van der Waals surface area (Å²) in [6.45, 7) is 2.27. The summed E-state index contributed by atoms with van der Waals surface area (Å²) in [5.74, 6) is -0.00296. The van der Waals surface area contributed by atoms with Crippen LogP contribution in [0.5, 0.6) is 0 Å². The van der Waals surface area contributed by atoms with Crippen molar-refractivity contribution in [3.8, 4) is 0 Å². The molecule has 2 N–H and O–H groups in total. The summed E-state index contributed by atoms with van der Waals surface area (Å²) in [7, 11) is 0. The lowest BCUT2D eigenvalue weighted by atomic mass is 10.1. The van der Waals surface area contributed by atoms with E-state index in [1.807, 2.05) is 13.0 Å². The Morgan fingerprint density at radius 2 is 2.41 bits per heavy atom. The van der Waals surface area contributed by atoms with E-state index < -0.39 is 0 Å². The zero-order valence-corrected chi connectivity index (χ0v) is 10.9. The Morgan fingerprint density at radius 1 is 1.65 bits per heavy atom. The van der Waals surface area contributed by atoms with E-state index in [1.54, 1.807) is 6.20 Å². The zero-order valence-electron chi connectivity index (χ0n) is 9.29. The molecule has 1 atom stereocenters. The van der Waals surface area contributed by atoms with Gasteiger partial charge in [-0.2, -0.15) is 0 Å². The Labute approximate surface area is 107 Å². The molecule has 0 aliphatic carbocycles. The van der Waals surface area contributed by atoms with E-state index in [0.29, 0.717) is 12.4 Å². The minimum Gasteiger partial charge on any atom is -0.355 e. The van der Waals surface area contributed by atoms with Crippen molar-refractivity contribution in [1.82, 2.24) is 10.3 Å². The van der Waals surface area contributed by atoms with Crippen LogP contribution in [0.4, 0.5) is 5.82 Å². The van der Waals surface area contributed by atoms with Gasteiger partial charge < -0.3 is 10.6 Å². The van der Waals surface area contributed by atoms with Crippen LogP contribution in [-0.2, 0) is 9.59 Å². The number of pyridine rings is 1. The van der Waals surface area contributed by atoms with Gasteiger partial charge in [0, 0.05) is 23.6 Å². The maximum absolute atomic E-state index is 11.8.